The molecule has 3 aromatic carbocycles. The minimum absolute atomic E-state index is 0.0747. The molecule has 3 aliphatic rings. The van der Waals surface area contributed by atoms with Crippen molar-refractivity contribution in [2.45, 2.75) is 64.5 Å². The van der Waals surface area contributed by atoms with Crippen LogP contribution in [0.3, 0.4) is 0 Å². The van der Waals surface area contributed by atoms with Gasteiger partial charge in [-0.1, -0.05) is 54.1 Å². The van der Waals surface area contributed by atoms with Gasteiger partial charge in [0.15, 0.2) is 0 Å². The van der Waals surface area contributed by atoms with Crippen LogP contribution in [-0.4, -0.2) is 36.1 Å². The van der Waals surface area contributed by atoms with Crippen molar-refractivity contribution in [2.75, 3.05) is 7.11 Å². The van der Waals surface area contributed by atoms with E-state index >= 15 is 4.39 Å². The molecule has 3 aliphatic carbocycles. The zero-order valence-corrected chi connectivity index (χ0v) is 25.1. The average molecular weight is 600 g/mol. The van der Waals surface area contributed by atoms with Gasteiger partial charge < -0.3 is 19.9 Å². The van der Waals surface area contributed by atoms with E-state index < -0.39 is 35.1 Å². The van der Waals surface area contributed by atoms with Crippen LogP contribution in [0.4, 0.5) is 4.39 Å². The quantitative estimate of drug-likeness (QED) is 0.273. The molecule has 44 heavy (non-hydrogen) atoms. The monoisotopic (exact) mass is 599 g/mol. The molecule has 6 rings (SSSR count). The maximum Gasteiger partial charge on any atom is 0.312 e. The van der Waals surface area contributed by atoms with Gasteiger partial charge in [0.1, 0.15) is 18.2 Å². The Kier molecular flexibility index (Phi) is 8.18. The van der Waals surface area contributed by atoms with Crippen molar-refractivity contribution >= 4 is 34.7 Å². The number of carbonyl (C=O) groups excluding carboxylic acids is 2. The van der Waals surface area contributed by atoms with E-state index in [0.29, 0.717) is 25.7 Å². The molecule has 3 fully saturated rings. The number of rotatable bonds is 8. The second-order valence-corrected chi connectivity index (χ2v) is 12.8. The van der Waals surface area contributed by atoms with Crippen LogP contribution in [0, 0.1) is 29.0 Å². The number of benzene rings is 3. The summed E-state index contributed by atoms with van der Waals surface area (Å²) in [5.41, 5.74) is 1.73. The molecule has 1 amide bonds. The second kappa shape index (κ2) is 12.1. The van der Waals surface area contributed by atoms with Crippen LogP contribution in [0.5, 0.6) is 5.75 Å². The van der Waals surface area contributed by atoms with Crippen molar-refractivity contribution in [2.24, 2.45) is 23.2 Å². The van der Waals surface area contributed by atoms with Gasteiger partial charge in [0.05, 0.1) is 24.0 Å². The van der Waals surface area contributed by atoms with Crippen molar-refractivity contribution in [1.82, 2.24) is 5.32 Å². The standard InChI is InChI=1S/C36H38FNO6/c1-36(35(42)44-20-25-8-5-7-22-6-3-4-9-27(22)25)14-12-21(13-15-36)16-26-18-28(30(43-2)19-29(26)37)33(39)38-32-24-11-10-23(17-24)31(32)34(40)41/h3-9,16,18-19,23-24,31-32H,10-15,17,20H2,1-2H3,(H,38,39)(H,40,41)/t23-,24-,31-,32+,36?/m0/s1. The number of esters is 1. The summed E-state index contributed by atoms with van der Waals surface area (Å²) in [6.07, 6.45) is 6.65. The van der Waals surface area contributed by atoms with Gasteiger partial charge in [-0.05, 0) is 86.1 Å². The van der Waals surface area contributed by atoms with Crippen LogP contribution in [0.2, 0.25) is 0 Å². The van der Waals surface area contributed by atoms with E-state index in [1.165, 1.54) is 19.2 Å². The summed E-state index contributed by atoms with van der Waals surface area (Å²) in [5, 5.41) is 14.9. The molecule has 230 valence electrons. The highest BCUT2D eigenvalue weighted by Crippen LogP contribution is 2.49. The highest BCUT2D eigenvalue weighted by molar-refractivity contribution is 5.98. The number of hydrogen-bond donors (Lipinski definition) is 2. The number of methoxy groups -OCH3 is 1. The maximum absolute atomic E-state index is 15.2. The molecule has 0 radical (unpaired) electrons. The first-order valence-corrected chi connectivity index (χ1v) is 15.4. The van der Waals surface area contributed by atoms with Gasteiger partial charge in [-0.25, -0.2) is 4.39 Å². The topological polar surface area (TPSA) is 102 Å². The normalized spacial score (nSPS) is 25.9. The third kappa shape index (κ3) is 5.70. The van der Waals surface area contributed by atoms with Crippen LogP contribution < -0.4 is 10.1 Å². The molecule has 8 heteroatoms. The Morgan fingerprint density at radius 1 is 1.05 bits per heavy atom. The first kappa shape index (κ1) is 29.9. The smallest absolute Gasteiger partial charge is 0.312 e. The zero-order valence-electron chi connectivity index (χ0n) is 25.1. The van der Waals surface area contributed by atoms with E-state index in [1.54, 1.807) is 6.08 Å². The molecule has 3 aromatic rings. The third-order valence-electron chi connectivity index (χ3n) is 10.1. The summed E-state index contributed by atoms with van der Waals surface area (Å²) >= 11 is 0. The van der Waals surface area contributed by atoms with E-state index in [-0.39, 0.29) is 41.3 Å². The fraction of sp³-hybridized carbons (Fsp3) is 0.417. The van der Waals surface area contributed by atoms with Crippen molar-refractivity contribution in [1.29, 1.82) is 0 Å². The first-order valence-electron chi connectivity index (χ1n) is 15.4. The molecule has 0 aromatic heterocycles. The lowest BCUT2D eigenvalue weighted by atomic mass is 9.73. The highest BCUT2D eigenvalue weighted by atomic mass is 19.1. The molecule has 4 atom stereocenters. The number of halogens is 1. The number of carbonyl (C=O) groups is 3. The molecule has 0 unspecified atom stereocenters. The lowest BCUT2D eigenvalue weighted by molar-refractivity contribution is -0.157. The van der Waals surface area contributed by atoms with E-state index in [4.69, 9.17) is 9.47 Å². The Bertz CT molecular complexity index is 1630. The van der Waals surface area contributed by atoms with Gasteiger partial charge in [0.25, 0.3) is 5.91 Å². The van der Waals surface area contributed by atoms with Crippen LogP contribution in [0.15, 0.2) is 60.2 Å². The molecule has 2 N–H and O–H groups in total. The minimum Gasteiger partial charge on any atom is -0.496 e. The molecular weight excluding hydrogens is 561 g/mol. The Morgan fingerprint density at radius 2 is 1.77 bits per heavy atom. The number of ether oxygens (including phenoxy) is 2. The second-order valence-electron chi connectivity index (χ2n) is 12.8. The zero-order chi connectivity index (χ0) is 31.0. The van der Waals surface area contributed by atoms with E-state index in [0.717, 1.165) is 41.2 Å². The number of amides is 1. The van der Waals surface area contributed by atoms with Gasteiger partial charge in [-0.15, -0.1) is 0 Å². The summed E-state index contributed by atoms with van der Waals surface area (Å²) in [5.74, 6) is -2.41. The Labute approximate surface area is 256 Å². The first-order chi connectivity index (χ1) is 21.2. The summed E-state index contributed by atoms with van der Waals surface area (Å²) in [6, 6.07) is 16.2. The van der Waals surface area contributed by atoms with Gasteiger partial charge in [0.2, 0.25) is 0 Å². The van der Waals surface area contributed by atoms with E-state index in [2.05, 4.69) is 5.32 Å². The molecule has 0 aliphatic heterocycles. The molecule has 0 heterocycles. The molecule has 3 saturated carbocycles. The molecule has 7 nitrogen and oxygen atoms in total. The lowest BCUT2D eigenvalue weighted by Crippen LogP contribution is -2.46. The number of nitrogens with one attached hydrogen (secondary N) is 1. The number of aliphatic carboxylic acids is 1. The summed E-state index contributed by atoms with van der Waals surface area (Å²) in [7, 11) is 1.38. The predicted octanol–water partition coefficient (Wildman–Crippen LogP) is 6.92. The molecular formula is C36H38FNO6. The van der Waals surface area contributed by atoms with E-state index in [1.807, 2.05) is 49.4 Å². The van der Waals surface area contributed by atoms with Crippen LogP contribution in [0.25, 0.3) is 16.8 Å². The van der Waals surface area contributed by atoms with Crippen molar-refractivity contribution in [3.8, 4) is 5.75 Å². The Balaban J connectivity index is 1.13. The summed E-state index contributed by atoms with van der Waals surface area (Å²) < 4.78 is 26.3. The SMILES string of the molecule is COc1cc(F)c(C=C2CCC(C)(C(=O)OCc3cccc4ccccc34)CC2)cc1C(=O)N[C@@H]1[C@H]2CC[C@@H](C2)[C@@H]1C(=O)O. The number of hydrogen-bond acceptors (Lipinski definition) is 5. The highest BCUT2D eigenvalue weighted by Gasteiger charge is 2.51. The number of fused-ring (bicyclic) bond motifs is 3. The lowest BCUT2D eigenvalue weighted by Gasteiger charge is -2.32. The number of allylic oxidation sites excluding steroid dienone is 1. The maximum atomic E-state index is 15.2. The van der Waals surface area contributed by atoms with Crippen LogP contribution in [-0.2, 0) is 20.9 Å². The number of carboxylic acids is 1. The van der Waals surface area contributed by atoms with Crippen molar-refractivity contribution in [3.63, 3.8) is 0 Å². The van der Waals surface area contributed by atoms with Gasteiger partial charge in [-0.3, -0.25) is 14.4 Å². The van der Waals surface area contributed by atoms with E-state index in [9.17, 15) is 19.5 Å². The van der Waals surface area contributed by atoms with Crippen molar-refractivity contribution < 1.29 is 33.4 Å². The fourth-order valence-corrected chi connectivity index (χ4v) is 7.54. The molecule has 0 spiro atoms. The molecule has 2 bridgehead atoms. The molecule has 0 saturated heterocycles. The predicted molar refractivity (Wildman–Crippen MR) is 164 cm³/mol. The van der Waals surface area contributed by atoms with Gasteiger partial charge in [-0.2, -0.15) is 0 Å². The van der Waals surface area contributed by atoms with Crippen LogP contribution in [0.1, 0.15) is 73.4 Å². The van der Waals surface area contributed by atoms with Crippen molar-refractivity contribution in [3.05, 3.63) is 82.7 Å². The fourth-order valence-electron chi connectivity index (χ4n) is 7.54. The third-order valence-corrected chi connectivity index (χ3v) is 10.1. The average Bonchev–Trinajstić information content (AvgIpc) is 3.64. The van der Waals surface area contributed by atoms with Gasteiger partial charge >= 0.3 is 11.9 Å². The Morgan fingerprint density at radius 3 is 2.52 bits per heavy atom. The van der Waals surface area contributed by atoms with Gasteiger partial charge in [0, 0.05) is 17.7 Å². The summed E-state index contributed by atoms with van der Waals surface area (Å²) in [4.78, 5) is 38.5. The minimum atomic E-state index is -0.888. The number of carboxylic acid groups (broad SMARTS) is 1. The Hall–Kier alpha value is -4.20. The van der Waals surface area contributed by atoms with Crippen LogP contribution >= 0.6 is 0 Å². The largest absolute Gasteiger partial charge is 0.496 e. The summed E-state index contributed by atoms with van der Waals surface area (Å²) in [6.45, 7) is 2.13.